The molecule has 1 aliphatic carbocycles. The zero-order chi connectivity index (χ0) is 14.8. The van der Waals surface area contributed by atoms with Gasteiger partial charge in [0.25, 0.3) is 0 Å². The fourth-order valence-electron chi connectivity index (χ4n) is 3.67. The molecule has 1 atom stereocenters. The summed E-state index contributed by atoms with van der Waals surface area (Å²) >= 11 is 12.0. The molecule has 1 unspecified atom stereocenters. The van der Waals surface area contributed by atoms with Gasteiger partial charge < -0.3 is 5.11 Å². The van der Waals surface area contributed by atoms with Crippen molar-refractivity contribution in [3.63, 3.8) is 0 Å². The van der Waals surface area contributed by atoms with Crippen molar-refractivity contribution in [2.45, 2.75) is 58.5 Å². The first-order chi connectivity index (χ1) is 9.43. The van der Waals surface area contributed by atoms with E-state index < -0.39 is 0 Å². The summed E-state index contributed by atoms with van der Waals surface area (Å²) in [5.41, 5.74) is 1.17. The highest BCUT2D eigenvalue weighted by Crippen LogP contribution is 2.46. The predicted octanol–water partition coefficient (Wildman–Crippen LogP) is 5.50. The van der Waals surface area contributed by atoms with E-state index in [1.54, 1.807) is 0 Å². The summed E-state index contributed by atoms with van der Waals surface area (Å²) in [6.45, 7) is 4.48. The van der Waals surface area contributed by atoms with Gasteiger partial charge >= 0.3 is 0 Å². The summed E-state index contributed by atoms with van der Waals surface area (Å²) in [4.78, 5) is 0. The van der Waals surface area contributed by atoms with Crippen LogP contribution in [0.15, 0.2) is 18.2 Å². The molecule has 1 fully saturated rings. The highest BCUT2D eigenvalue weighted by Gasteiger charge is 2.40. The van der Waals surface area contributed by atoms with Crippen LogP contribution in [0.5, 0.6) is 0 Å². The normalized spacial score (nSPS) is 19.5. The molecule has 1 N–H and O–H groups in total. The Bertz CT molecular complexity index is 450. The Morgan fingerprint density at radius 1 is 1.15 bits per heavy atom. The second kappa shape index (κ2) is 6.68. The Hall–Kier alpha value is -0.240. The number of hydrogen-bond donors (Lipinski definition) is 1. The summed E-state index contributed by atoms with van der Waals surface area (Å²) in [5, 5.41) is 11.9. The molecule has 1 nitrogen and oxygen atoms in total. The second-order valence-corrected chi connectivity index (χ2v) is 7.45. The smallest absolute Gasteiger partial charge is 0.0636 e. The van der Waals surface area contributed by atoms with Gasteiger partial charge in [0.15, 0.2) is 0 Å². The Morgan fingerprint density at radius 2 is 1.80 bits per heavy atom. The third-order valence-electron chi connectivity index (χ3n) is 4.53. The van der Waals surface area contributed by atoms with Crippen LogP contribution in [-0.2, 0) is 6.42 Å². The average molecular weight is 315 g/mol. The molecule has 0 bridgehead atoms. The minimum atomic E-state index is -0.287. The molecule has 0 amide bonds. The maximum Gasteiger partial charge on any atom is 0.0636 e. The van der Waals surface area contributed by atoms with Gasteiger partial charge in [0, 0.05) is 0 Å². The second-order valence-electron chi connectivity index (χ2n) is 6.64. The van der Waals surface area contributed by atoms with E-state index in [9.17, 15) is 5.11 Å². The Balaban J connectivity index is 2.12. The maximum atomic E-state index is 10.8. The number of benzene rings is 1. The molecule has 0 heterocycles. The molecule has 1 aliphatic rings. The zero-order valence-corrected chi connectivity index (χ0v) is 13.8. The molecule has 0 aromatic heterocycles. The molecule has 0 saturated heterocycles. The first kappa shape index (κ1) is 16.1. The predicted molar refractivity (Wildman–Crippen MR) is 86.5 cm³/mol. The fourth-order valence-corrected chi connectivity index (χ4v) is 3.99. The summed E-state index contributed by atoms with van der Waals surface area (Å²) < 4.78 is 0. The van der Waals surface area contributed by atoms with Crippen molar-refractivity contribution in [2.75, 3.05) is 0 Å². The Kier molecular flexibility index (Phi) is 5.39. The molecule has 2 rings (SSSR count). The van der Waals surface area contributed by atoms with E-state index in [-0.39, 0.29) is 11.5 Å². The Labute approximate surface area is 132 Å². The van der Waals surface area contributed by atoms with Crippen molar-refractivity contribution in [1.29, 1.82) is 0 Å². The van der Waals surface area contributed by atoms with Gasteiger partial charge in [-0.15, -0.1) is 0 Å². The lowest BCUT2D eigenvalue weighted by molar-refractivity contribution is 0.0134. The van der Waals surface area contributed by atoms with Crippen LogP contribution in [0.2, 0.25) is 10.0 Å². The molecule has 20 heavy (non-hydrogen) atoms. The topological polar surface area (TPSA) is 20.2 Å². The van der Waals surface area contributed by atoms with Crippen LogP contribution in [0.3, 0.4) is 0 Å². The third kappa shape index (κ3) is 3.69. The van der Waals surface area contributed by atoms with Gasteiger partial charge in [-0.05, 0) is 54.7 Å². The van der Waals surface area contributed by atoms with E-state index in [0.29, 0.717) is 22.4 Å². The lowest BCUT2D eigenvalue weighted by Gasteiger charge is -2.36. The highest BCUT2D eigenvalue weighted by molar-refractivity contribution is 6.42. The maximum absolute atomic E-state index is 10.8. The highest BCUT2D eigenvalue weighted by atomic mass is 35.5. The van der Waals surface area contributed by atoms with Gasteiger partial charge in [-0.25, -0.2) is 0 Å². The van der Waals surface area contributed by atoms with Crippen LogP contribution in [0, 0.1) is 11.3 Å². The van der Waals surface area contributed by atoms with E-state index in [4.69, 9.17) is 23.2 Å². The van der Waals surface area contributed by atoms with Crippen molar-refractivity contribution in [1.82, 2.24) is 0 Å². The number of halogens is 2. The molecule has 1 aromatic carbocycles. The summed E-state index contributed by atoms with van der Waals surface area (Å²) in [7, 11) is 0. The molecular formula is C17H24Cl2O. The lowest BCUT2D eigenvalue weighted by atomic mass is 9.72. The lowest BCUT2D eigenvalue weighted by Crippen LogP contribution is -2.35. The average Bonchev–Trinajstić information content (AvgIpc) is 2.83. The zero-order valence-electron chi connectivity index (χ0n) is 12.3. The van der Waals surface area contributed by atoms with Gasteiger partial charge in [0.1, 0.15) is 0 Å². The van der Waals surface area contributed by atoms with Crippen molar-refractivity contribution in [3.05, 3.63) is 33.8 Å². The van der Waals surface area contributed by atoms with Crippen LogP contribution in [0.1, 0.15) is 51.5 Å². The minimum absolute atomic E-state index is 0.0975. The monoisotopic (exact) mass is 314 g/mol. The van der Waals surface area contributed by atoms with Gasteiger partial charge in [0.05, 0.1) is 16.1 Å². The van der Waals surface area contributed by atoms with Gasteiger partial charge in [-0.1, -0.05) is 56.0 Å². The van der Waals surface area contributed by atoms with Crippen LogP contribution in [0.25, 0.3) is 0 Å². The molecule has 1 aromatic rings. The molecule has 0 radical (unpaired) electrons. The molecule has 0 aliphatic heterocycles. The van der Waals surface area contributed by atoms with Crippen molar-refractivity contribution >= 4 is 23.2 Å². The van der Waals surface area contributed by atoms with E-state index in [0.717, 1.165) is 24.8 Å². The van der Waals surface area contributed by atoms with Crippen LogP contribution in [0.4, 0.5) is 0 Å². The summed E-state index contributed by atoms with van der Waals surface area (Å²) in [5.74, 6) is 0.622. The Morgan fingerprint density at radius 3 is 2.35 bits per heavy atom. The molecular weight excluding hydrogens is 291 g/mol. The van der Waals surface area contributed by atoms with Crippen LogP contribution < -0.4 is 0 Å². The van der Waals surface area contributed by atoms with E-state index >= 15 is 0 Å². The standard InChI is InChI=1S/C17H24Cl2O/c1-12(2)11-17(7-3-4-8-17)16(20)10-13-5-6-14(18)15(19)9-13/h5-6,9,12,16,20H,3-4,7-8,10-11H2,1-2H3. The number of hydrogen-bond acceptors (Lipinski definition) is 1. The van der Waals surface area contributed by atoms with Gasteiger partial charge in [0.2, 0.25) is 0 Å². The first-order valence-corrected chi connectivity index (χ1v) is 8.30. The molecule has 1 saturated carbocycles. The third-order valence-corrected chi connectivity index (χ3v) is 5.27. The van der Waals surface area contributed by atoms with Gasteiger partial charge in [-0.2, -0.15) is 0 Å². The van der Waals surface area contributed by atoms with Crippen molar-refractivity contribution < 1.29 is 5.11 Å². The number of aliphatic hydroxyl groups is 1. The van der Waals surface area contributed by atoms with E-state index in [1.807, 2.05) is 18.2 Å². The fraction of sp³-hybridized carbons (Fsp3) is 0.647. The number of aliphatic hydroxyl groups excluding tert-OH is 1. The quantitative estimate of drug-likeness (QED) is 0.760. The van der Waals surface area contributed by atoms with Crippen LogP contribution in [-0.4, -0.2) is 11.2 Å². The van der Waals surface area contributed by atoms with E-state index in [2.05, 4.69) is 13.8 Å². The van der Waals surface area contributed by atoms with Crippen molar-refractivity contribution in [2.24, 2.45) is 11.3 Å². The number of rotatable bonds is 5. The molecule has 3 heteroatoms. The molecule has 112 valence electrons. The largest absolute Gasteiger partial charge is 0.392 e. The van der Waals surface area contributed by atoms with Gasteiger partial charge in [-0.3, -0.25) is 0 Å². The van der Waals surface area contributed by atoms with Crippen LogP contribution >= 0.6 is 23.2 Å². The molecule has 0 spiro atoms. The van der Waals surface area contributed by atoms with Crippen molar-refractivity contribution in [3.8, 4) is 0 Å². The SMILES string of the molecule is CC(C)CC1(C(O)Cc2ccc(Cl)c(Cl)c2)CCCC1. The minimum Gasteiger partial charge on any atom is -0.392 e. The van der Waals surface area contributed by atoms with E-state index in [1.165, 1.54) is 12.8 Å². The first-order valence-electron chi connectivity index (χ1n) is 7.55. The summed E-state index contributed by atoms with van der Waals surface area (Å²) in [6, 6.07) is 5.66. The summed E-state index contributed by atoms with van der Waals surface area (Å²) in [6.07, 6.45) is 6.26.